The number of hydrogen-bond acceptors (Lipinski definition) is 6. The minimum Gasteiger partial charge on any atom is -0.493 e. The van der Waals surface area contributed by atoms with Gasteiger partial charge in [0.2, 0.25) is 5.91 Å². The van der Waals surface area contributed by atoms with Crippen molar-refractivity contribution in [1.82, 2.24) is 10.6 Å². The van der Waals surface area contributed by atoms with Gasteiger partial charge in [0.25, 0.3) is 5.91 Å². The van der Waals surface area contributed by atoms with Gasteiger partial charge in [-0.15, -0.1) is 11.8 Å². The third kappa shape index (κ3) is 5.49. The van der Waals surface area contributed by atoms with Gasteiger partial charge in [-0.25, -0.2) is 0 Å². The van der Waals surface area contributed by atoms with Crippen LogP contribution < -0.4 is 20.1 Å². The van der Waals surface area contributed by atoms with E-state index in [1.165, 1.54) is 0 Å². The molecule has 30 heavy (non-hydrogen) atoms. The molecule has 1 aliphatic heterocycles. The summed E-state index contributed by atoms with van der Waals surface area (Å²) in [7, 11) is 4.84. The van der Waals surface area contributed by atoms with E-state index in [-0.39, 0.29) is 29.0 Å². The Balaban J connectivity index is 1.61. The predicted octanol–water partition coefficient (Wildman–Crippen LogP) is 2.60. The molecule has 3 unspecified atom stereocenters. The van der Waals surface area contributed by atoms with Crippen molar-refractivity contribution in [2.45, 2.75) is 37.0 Å². The Bertz CT molecular complexity index is 798. The van der Waals surface area contributed by atoms with Crippen molar-refractivity contribution in [3.05, 3.63) is 28.7 Å². The highest BCUT2D eigenvalue weighted by molar-refractivity contribution is 8.04. The van der Waals surface area contributed by atoms with E-state index in [1.54, 1.807) is 33.1 Å². The van der Waals surface area contributed by atoms with Crippen molar-refractivity contribution in [1.29, 1.82) is 0 Å². The van der Waals surface area contributed by atoms with E-state index in [0.717, 1.165) is 24.8 Å². The second-order valence-corrected chi connectivity index (χ2v) is 8.79. The largest absolute Gasteiger partial charge is 0.493 e. The maximum Gasteiger partial charge on any atom is 0.257 e. The Kier molecular flexibility index (Phi) is 8.04. The Labute approximate surface area is 181 Å². The number of carbonyl (C=O) groups is 2. The molecule has 0 spiro atoms. The third-order valence-corrected chi connectivity index (χ3v) is 6.93. The van der Waals surface area contributed by atoms with Crippen LogP contribution in [0.5, 0.6) is 11.5 Å². The lowest BCUT2D eigenvalue weighted by Crippen LogP contribution is -2.51. The molecule has 2 N–H and O–H groups in total. The van der Waals surface area contributed by atoms with E-state index in [9.17, 15) is 9.59 Å². The van der Waals surface area contributed by atoms with Crippen molar-refractivity contribution >= 4 is 29.7 Å². The number of benzene rings is 1. The zero-order valence-electron chi connectivity index (χ0n) is 17.7. The van der Waals surface area contributed by atoms with Gasteiger partial charge in [-0.1, -0.05) is 6.07 Å². The number of nitrogens with one attached hydrogen (secondary N) is 2. The van der Waals surface area contributed by atoms with Crippen LogP contribution in [-0.2, 0) is 14.3 Å². The van der Waals surface area contributed by atoms with Gasteiger partial charge >= 0.3 is 0 Å². The number of hydrogen-bond donors (Lipinski definition) is 2. The normalized spacial score (nSPS) is 24.7. The van der Waals surface area contributed by atoms with E-state index in [0.29, 0.717) is 36.0 Å². The summed E-state index contributed by atoms with van der Waals surface area (Å²) in [6.45, 7) is 1.26. The van der Waals surface area contributed by atoms with E-state index < -0.39 is 0 Å². The number of rotatable bonds is 8. The van der Waals surface area contributed by atoms with Crippen LogP contribution in [-0.4, -0.2) is 57.6 Å². The monoisotopic (exact) mass is 434 g/mol. The number of ether oxygens (including phenoxy) is 3. The molecule has 1 saturated carbocycles. The Morgan fingerprint density at radius 2 is 2.03 bits per heavy atom. The minimum absolute atomic E-state index is 0.0218. The van der Waals surface area contributed by atoms with Crippen LogP contribution in [0.2, 0.25) is 0 Å². The smallest absolute Gasteiger partial charge is 0.257 e. The summed E-state index contributed by atoms with van der Waals surface area (Å²) in [5.41, 5.74) is 0.882. The lowest BCUT2D eigenvalue weighted by molar-refractivity contribution is -0.127. The number of fused-ring (bicyclic) bond motifs is 1. The number of carbonyl (C=O) groups excluding carboxylic acids is 2. The first kappa shape index (κ1) is 22.5. The van der Waals surface area contributed by atoms with Crippen LogP contribution in [0.15, 0.2) is 23.1 Å². The van der Waals surface area contributed by atoms with Gasteiger partial charge < -0.3 is 24.8 Å². The summed E-state index contributed by atoms with van der Waals surface area (Å²) < 4.78 is 15.6. The molecule has 1 aromatic carbocycles. The molecular weight excluding hydrogens is 404 g/mol. The fourth-order valence-corrected chi connectivity index (χ4v) is 5.19. The summed E-state index contributed by atoms with van der Waals surface area (Å²) in [5, 5.41) is 6.38. The molecule has 7 nitrogen and oxygen atoms in total. The van der Waals surface area contributed by atoms with Gasteiger partial charge in [-0.05, 0) is 49.5 Å². The molecule has 0 bridgehead atoms. The Morgan fingerprint density at radius 1 is 1.23 bits per heavy atom. The first-order valence-electron chi connectivity index (χ1n) is 10.2. The number of methoxy groups -OCH3 is 3. The fraction of sp³-hybridized carbons (Fsp3) is 0.545. The third-order valence-electron chi connectivity index (χ3n) is 5.51. The summed E-state index contributed by atoms with van der Waals surface area (Å²) in [5.74, 6) is 1.22. The molecule has 2 amide bonds. The minimum atomic E-state index is -0.0859. The van der Waals surface area contributed by atoms with Crippen LogP contribution in [0.3, 0.4) is 0 Å². The van der Waals surface area contributed by atoms with Crippen molar-refractivity contribution in [3.8, 4) is 11.5 Å². The van der Waals surface area contributed by atoms with Gasteiger partial charge in [0, 0.05) is 37.5 Å². The molecule has 3 atom stereocenters. The SMILES string of the molecule is COCCCNC(=O)C1CCC2S/C(=C/c3ccc(OC)c(OC)c3)C(=O)NC2C1. The van der Waals surface area contributed by atoms with Crippen LogP contribution in [0.1, 0.15) is 31.2 Å². The number of thioether (sulfide) groups is 1. The second kappa shape index (κ2) is 10.7. The maximum atomic E-state index is 12.7. The van der Waals surface area contributed by atoms with Crippen LogP contribution in [0.25, 0.3) is 6.08 Å². The molecule has 3 rings (SSSR count). The Morgan fingerprint density at radius 3 is 2.77 bits per heavy atom. The topological polar surface area (TPSA) is 85.9 Å². The van der Waals surface area contributed by atoms with Crippen molar-refractivity contribution in [3.63, 3.8) is 0 Å². The number of amides is 2. The quantitative estimate of drug-likeness (QED) is 0.483. The van der Waals surface area contributed by atoms with Crippen LogP contribution >= 0.6 is 11.8 Å². The maximum absolute atomic E-state index is 12.7. The lowest BCUT2D eigenvalue weighted by atomic mass is 9.84. The highest BCUT2D eigenvalue weighted by atomic mass is 32.2. The van der Waals surface area contributed by atoms with Crippen LogP contribution in [0.4, 0.5) is 0 Å². The highest BCUT2D eigenvalue weighted by Gasteiger charge is 2.39. The summed E-state index contributed by atoms with van der Waals surface area (Å²) in [6.07, 6.45) is 5.10. The van der Waals surface area contributed by atoms with Gasteiger partial charge in [0.15, 0.2) is 11.5 Å². The predicted molar refractivity (Wildman–Crippen MR) is 118 cm³/mol. The van der Waals surface area contributed by atoms with Gasteiger partial charge in [0.05, 0.1) is 19.1 Å². The zero-order valence-corrected chi connectivity index (χ0v) is 18.6. The second-order valence-electron chi connectivity index (χ2n) is 7.51. The summed E-state index contributed by atoms with van der Waals surface area (Å²) in [6, 6.07) is 5.61. The van der Waals surface area contributed by atoms with E-state index in [1.807, 2.05) is 24.3 Å². The van der Waals surface area contributed by atoms with Gasteiger partial charge in [0.1, 0.15) is 0 Å². The molecule has 0 radical (unpaired) electrons. The van der Waals surface area contributed by atoms with Crippen molar-refractivity contribution < 1.29 is 23.8 Å². The molecule has 8 heteroatoms. The molecule has 1 aliphatic carbocycles. The van der Waals surface area contributed by atoms with Crippen LogP contribution in [0, 0.1) is 5.92 Å². The Hall–Kier alpha value is -2.19. The van der Waals surface area contributed by atoms with Gasteiger partial charge in [-0.3, -0.25) is 9.59 Å². The van der Waals surface area contributed by atoms with E-state index >= 15 is 0 Å². The summed E-state index contributed by atoms with van der Waals surface area (Å²) in [4.78, 5) is 25.8. The average molecular weight is 435 g/mol. The van der Waals surface area contributed by atoms with Crippen molar-refractivity contribution in [2.24, 2.45) is 5.92 Å². The zero-order chi connectivity index (χ0) is 21.5. The van der Waals surface area contributed by atoms with E-state index in [4.69, 9.17) is 14.2 Å². The average Bonchev–Trinajstić information content (AvgIpc) is 2.76. The first-order chi connectivity index (χ1) is 14.5. The fourth-order valence-electron chi connectivity index (χ4n) is 3.90. The molecule has 1 heterocycles. The van der Waals surface area contributed by atoms with E-state index in [2.05, 4.69) is 10.6 Å². The molecular formula is C22H30N2O5S. The standard InChI is InChI=1S/C22H30N2O5S/c1-27-10-4-9-23-21(25)15-6-8-19-16(13-15)24-22(26)20(30-19)12-14-5-7-17(28-2)18(11-14)29-3/h5,7,11-12,15-16,19H,4,6,8-10,13H2,1-3H3,(H,23,25)(H,24,26)/b20-12+. The van der Waals surface area contributed by atoms with Crippen molar-refractivity contribution in [2.75, 3.05) is 34.5 Å². The first-order valence-corrected chi connectivity index (χ1v) is 11.1. The molecule has 164 valence electrons. The molecule has 0 aromatic heterocycles. The molecule has 2 aliphatic rings. The van der Waals surface area contributed by atoms with Gasteiger partial charge in [-0.2, -0.15) is 0 Å². The molecule has 1 saturated heterocycles. The lowest BCUT2D eigenvalue weighted by Gasteiger charge is -2.39. The summed E-state index contributed by atoms with van der Waals surface area (Å²) >= 11 is 1.61. The molecule has 2 fully saturated rings. The molecule has 1 aromatic rings. The highest BCUT2D eigenvalue weighted by Crippen LogP contribution is 2.40.